The van der Waals surface area contributed by atoms with Crippen LogP contribution in [0, 0.1) is 0 Å². The van der Waals surface area contributed by atoms with Gasteiger partial charge in [-0.15, -0.1) is 0 Å². The summed E-state index contributed by atoms with van der Waals surface area (Å²) in [5.41, 5.74) is 6.42. The van der Waals surface area contributed by atoms with Gasteiger partial charge in [0.05, 0.1) is 5.69 Å². The Hall–Kier alpha value is -0.550. The third kappa shape index (κ3) is 2.70. The van der Waals surface area contributed by atoms with Crippen molar-refractivity contribution in [2.24, 2.45) is 10.7 Å². The van der Waals surface area contributed by atoms with Gasteiger partial charge in [-0.3, -0.25) is 4.99 Å². The number of benzene rings is 1. The number of nitrogens with zero attached hydrogens (tertiary/aromatic N) is 1. The highest BCUT2D eigenvalue weighted by Crippen LogP contribution is 2.30. The molecule has 0 heterocycles. The normalized spacial score (nSPS) is 11.5. The molecule has 0 amide bonds. The molecule has 5 heteroatoms. The molecule has 3 nitrogen and oxygen atoms in total. The average Bonchev–Trinajstić information content (AvgIpc) is 2.11. The van der Waals surface area contributed by atoms with Crippen molar-refractivity contribution in [1.82, 2.24) is 0 Å². The lowest BCUT2D eigenvalue weighted by Crippen LogP contribution is -2.22. The van der Waals surface area contributed by atoms with Crippen molar-refractivity contribution in [3.8, 4) is 0 Å². The summed E-state index contributed by atoms with van der Waals surface area (Å²) in [7, 11) is 1.63. The summed E-state index contributed by atoms with van der Waals surface area (Å²) in [5.74, 6) is 0.382. The number of anilines is 1. The fourth-order valence-corrected chi connectivity index (χ4v) is 2.00. The predicted octanol–water partition coefficient (Wildman–Crippen LogP) is 2.57. The molecule has 0 aromatic heterocycles. The summed E-state index contributed by atoms with van der Waals surface area (Å²) in [4.78, 5) is 3.81. The zero-order valence-corrected chi connectivity index (χ0v) is 10.2. The standard InChI is InChI=1S/C8H9Br2N3/c1-12-8(11)13-7-5(9)3-2-4-6(7)10/h2-4H,1H3,(H3,11,12,13). The number of nitrogens with two attached hydrogens (primary N) is 1. The van der Waals surface area contributed by atoms with E-state index < -0.39 is 0 Å². The maximum absolute atomic E-state index is 5.54. The Labute approximate surface area is 93.7 Å². The Balaban J connectivity index is 3.00. The fraction of sp³-hybridized carbons (Fsp3) is 0.125. The van der Waals surface area contributed by atoms with Crippen LogP contribution in [0.15, 0.2) is 32.1 Å². The number of guanidine groups is 1. The first kappa shape index (κ1) is 10.5. The molecule has 1 aromatic carbocycles. The van der Waals surface area contributed by atoms with Crippen molar-refractivity contribution < 1.29 is 0 Å². The summed E-state index contributed by atoms with van der Waals surface area (Å²) >= 11 is 6.80. The van der Waals surface area contributed by atoms with Gasteiger partial charge in [0.15, 0.2) is 5.96 Å². The molecule has 0 atom stereocenters. The van der Waals surface area contributed by atoms with Crippen LogP contribution in [0.4, 0.5) is 5.69 Å². The molecule has 0 fully saturated rings. The van der Waals surface area contributed by atoms with Crippen LogP contribution in [-0.4, -0.2) is 13.0 Å². The minimum absolute atomic E-state index is 0.382. The molecule has 0 aliphatic heterocycles. The molecule has 0 bridgehead atoms. The van der Waals surface area contributed by atoms with Crippen molar-refractivity contribution in [3.05, 3.63) is 27.1 Å². The van der Waals surface area contributed by atoms with Gasteiger partial charge >= 0.3 is 0 Å². The van der Waals surface area contributed by atoms with E-state index in [2.05, 4.69) is 42.2 Å². The number of halogens is 2. The van der Waals surface area contributed by atoms with Gasteiger partial charge in [-0.05, 0) is 44.0 Å². The van der Waals surface area contributed by atoms with Crippen LogP contribution >= 0.6 is 31.9 Å². The van der Waals surface area contributed by atoms with Gasteiger partial charge in [-0.2, -0.15) is 0 Å². The molecule has 0 aliphatic rings. The van der Waals surface area contributed by atoms with E-state index in [1.807, 2.05) is 18.2 Å². The molecule has 0 saturated heterocycles. The maximum atomic E-state index is 5.54. The highest BCUT2D eigenvalue weighted by Gasteiger charge is 2.04. The van der Waals surface area contributed by atoms with Gasteiger partial charge in [0.25, 0.3) is 0 Å². The van der Waals surface area contributed by atoms with Crippen molar-refractivity contribution >= 4 is 43.5 Å². The molecular weight excluding hydrogens is 298 g/mol. The number of rotatable bonds is 1. The molecular formula is C8H9Br2N3. The van der Waals surface area contributed by atoms with Gasteiger partial charge in [-0.25, -0.2) is 0 Å². The lowest BCUT2D eigenvalue weighted by Gasteiger charge is -2.08. The third-order valence-corrected chi connectivity index (χ3v) is 2.78. The Morgan fingerprint density at radius 2 is 1.92 bits per heavy atom. The molecule has 0 unspecified atom stereocenters. The number of nitrogens with one attached hydrogen (secondary N) is 1. The van der Waals surface area contributed by atoms with Crippen LogP contribution in [0.3, 0.4) is 0 Å². The molecule has 0 saturated carbocycles. The topological polar surface area (TPSA) is 50.4 Å². The summed E-state index contributed by atoms with van der Waals surface area (Å²) in [6.45, 7) is 0. The highest BCUT2D eigenvalue weighted by atomic mass is 79.9. The number of aliphatic imine (C=N–C) groups is 1. The molecule has 13 heavy (non-hydrogen) atoms. The first-order valence-electron chi connectivity index (χ1n) is 3.58. The second-order valence-corrected chi connectivity index (χ2v) is 4.04. The van der Waals surface area contributed by atoms with Crippen molar-refractivity contribution in [2.45, 2.75) is 0 Å². The van der Waals surface area contributed by atoms with Gasteiger partial charge in [-0.1, -0.05) is 6.07 Å². The van der Waals surface area contributed by atoms with E-state index in [-0.39, 0.29) is 0 Å². The first-order valence-corrected chi connectivity index (χ1v) is 5.17. The van der Waals surface area contributed by atoms with Crippen LogP contribution in [0.5, 0.6) is 0 Å². The lowest BCUT2D eigenvalue weighted by molar-refractivity contribution is 1.37. The monoisotopic (exact) mass is 305 g/mol. The number of para-hydroxylation sites is 1. The van der Waals surface area contributed by atoms with Gasteiger partial charge in [0.2, 0.25) is 0 Å². The lowest BCUT2D eigenvalue weighted by atomic mass is 10.3. The van der Waals surface area contributed by atoms with E-state index in [9.17, 15) is 0 Å². The molecule has 3 N–H and O–H groups in total. The molecule has 0 spiro atoms. The zero-order valence-electron chi connectivity index (χ0n) is 7.01. The smallest absolute Gasteiger partial charge is 0.192 e. The van der Waals surface area contributed by atoms with Crippen molar-refractivity contribution in [1.29, 1.82) is 0 Å². The zero-order chi connectivity index (χ0) is 9.84. The average molecular weight is 307 g/mol. The first-order chi connectivity index (χ1) is 6.15. The maximum Gasteiger partial charge on any atom is 0.192 e. The summed E-state index contributed by atoms with van der Waals surface area (Å²) in [5, 5.41) is 2.96. The molecule has 1 aromatic rings. The van der Waals surface area contributed by atoms with E-state index in [0.29, 0.717) is 5.96 Å². The van der Waals surface area contributed by atoms with Crippen LogP contribution in [0.2, 0.25) is 0 Å². The van der Waals surface area contributed by atoms with Crippen LogP contribution in [-0.2, 0) is 0 Å². The van der Waals surface area contributed by atoms with Gasteiger partial charge < -0.3 is 11.1 Å². The SMILES string of the molecule is CN=C(N)Nc1c(Br)cccc1Br. The van der Waals surface area contributed by atoms with Gasteiger partial charge in [0, 0.05) is 16.0 Å². The molecule has 0 aliphatic carbocycles. The molecule has 1 rings (SSSR count). The number of hydrogen-bond acceptors (Lipinski definition) is 1. The third-order valence-electron chi connectivity index (χ3n) is 1.46. The summed E-state index contributed by atoms with van der Waals surface area (Å²) < 4.78 is 1.88. The highest BCUT2D eigenvalue weighted by molar-refractivity contribution is 9.11. The largest absolute Gasteiger partial charge is 0.370 e. The fourth-order valence-electron chi connectivity index (χ4n) is 0.801. The van der Waals surface area contributed by atoms with Crippen LogP contribution < -0.4 is 11.1 Å². The van der Waals surface area contributed by atoms with E-state index in [1.165, 1.54) is 0 Å². The Bertz CT molecular complexity index is 316. The summed E-state index contributed by atoms with van der Waals surface area (Å²) in [6, 6.07) is 5.78. The second kappa shape index (κ2) is 4.62. The Morgan fingerprint density at radius 1 is 1.38 bits per heavy atom. The molecule has 0 radical (unpaired) electrons. The van der Waals surface area contributed by atoms with Crippen LogP contribution in [0.25, 0.3) is 0 Å². The quantitative estimate of drug-likeness (QED) is 0.619. The number of hydrogen-bond donors (Lipinski definition) is 2. The van der Waals surface area contributed by atoms with Crippen molar-refractivity contribution in [3.63, 3.8) is 0 Å². The van der Waals surface area contributed by atoms with E-state index in [4.69, 9.17) is 5.73 Å². The minimum atomic E-state index is 0.382. The minimum Gasteiger partial charge on any atom is -0.370 e. The predicted molar refractivity (Wildman–Crippen MR) is 63.0 cm³/mol. The van der Waals surface area contributed by atoms with E-state index in [1.54, 1.807) is 7.05 Å². The van der Waals surface area contributed by atoms with Gasteiger partial charge in [0.1, 0.15) is 0 Å². The second-order valence-electron chi connectivity index (χ2n) is 2.33. The summed E-state index contributed by atoms with van der Waals surface area (Å²) in [6.07, 6.45) is 0. The van der Waals surface area contributed by atoms with E-state index >= 15 is 0 Å². The van der Waals surface area contributed by atoms with Crippen molar-refractivity contribution in [2.75, 3.05) is 12.4 Å². The Kier molecular flexibility index (Phi) is 3.74. The Morgan fingerprint density at radius 3 is 2.38 bits per heavy atom. The van der Waals surface area contributed by atoms with E-state index in [0.717, 1.165) is 14.6 Å². The molecule has 70 valence electrons. The van der Waals surface area contributed by atoms with Crippen LogP contribution in [0.1, 0.15) is 0 Å².